The Bertz CT molecular complexity index is 533. The molecule has 0 aliphatic heterocycles. The van der Waals surface area contributed by atoms with Crippen LogP contribution in [0.3, 0.4) is 0 Å². The molecule has 1 aromatic rings. The number of nitrogens with zero attached hydrogens (tertiary/aromatic N) is 1. The number of nitrogens with one attached hydrogen (secondary N) is 1. The molecule has 0 atom stereocenters. The first kappa shape index (κ1) is 13.9. The SMILES string of the molecule is C=CC1=C(/C=C\C)C(C(C)C)(C(C)C)c2[nH]ncc21. The van der Waals surface area contributed by atoms with Gasteiger partial charge in [0.1, 0.15) is 0 Å². The van der Waals surface area contributed by atoms with Gasteiger partial charge in [-0.3, -0.25) is 5.10 Å². The molecule has 0 saturated heterocycles. The summed E-state index contributed by atoms with van der Waals surface area (Å²) in [4.78, 5) is 0. The average Bonchev–Trinajstić information content (AvgIpc) is 2.87. The molecule has 19 heavy (non-hydrogen) atoms. The molecule has 0 unspecified atom stereocenters. The number of fused-ring (bicyclic) bond motifs is 1. The van der Waals surface area contributed by atoms with Gasteiger partial charge in [0.05, 0.1) is 11.9 Å². The molecule has 1 aliphatic carbocycles. The van der Waals surface area contributed by atoms with E-state index in [-0.39, 0.29) is 5.41 Å². The highest BCUT2D eigenvalue weighted by molar-refractivity contribution is 5.86. The molecule has 1 aliphatic rings. The lowest BCUT2D eigenvalue weighted by Gasteiger charge is -2.40. The summed E-state index contributed by atoms with van der Waals surface area (Å²) in [5.41, 5.74) is 5.07. The van der Waals surface area contributed by atoms with Crippen LogP contribution in [0.15, 0.2) is 36.6 Å². The fourth-order valence-corrected chi connectivity index (χ4v) is 3.79. The molecule has 0 radical (unpaired) electrons. The normalized spacial score (nSPS) is 17.8. The highest BCUT2D eigenvalue weighted by atomic mass is 15.1. The van der Waals surface area contributed by atoms with Crippen LogP contribution in [0.5, 0.6) is 0 Å². The molecule has 2 heteroatoms. The summed E-state index contributed by atoms with van der Waals surface area (Å²) < 4.78 is 0. The minimum atomic E-state index is 0.00185. The quantitative estimate of drug-likeness (QED) is 0.845. The molecule has 102 valence electrons. The summed E-state index contributed by atoms with van der Waals surface area (Å²) >= 11 is 0. The van der Waals surface area contributed by atoms with Crippen molar-refractivity contribution in [2.75, 3.05) is 0 Å². The van der Waals surface area contributed by atoms with Gasteiger partial charge < -0.3 is 0 Å². The minimum absolute atomic E-state index is 0.00185. The van der Waals surface area contributed by atoms with Gasteiger partial charge in [-0.15, -0.1) is 0 Å². The van der Waals surface area contributed by atoms with Crippen molar-refractivity contribution in [3.05, 3.63) is 47.8 Å². The van der Waals surface area contributed by atoms with Gasteiger partial charge >= 0.3 is 0 Å². The number of allylic oxidation sites excluding steroid dienone is 5. The Kier molecular flexibility index (Phi) is 3.53. The highest BCUT2D eigenvalue weighted by Crippen LogP contribution is 2.54. The third kappa shape index (κ3) is 1.66. The number of aromatic amines is 1. The lowest BCUT2D eigenvalue weighted by atomic mass is 9.64. The zero-order valence-corrected chi connectivity index (χ0v) is 12.6. The van der Waals surface area contributed by atoms with Gasteiger partial charge in [-0.1, -0.05) is 52.5 Å². The van der Waals surface area contributed by atoms with Crippen LogP contribution in [0, 0.1) is 11.8 Å². The number of aromatic nitrogens is 2. The van der Waals surface area contributed by atoms with Crippen LogP contribution in [-0.2, 0) is 5.41 Å². The Labute approximate surface area is 116 Å². The summed E-state index contributed by atoms with van der Waals surface area (Å²) in [6, 6.07) is 0. The van der Waals surface area contributed by atoms with Crippen molar-refractivity contribution in [3.63, 3.8) is 0 Å². The maximum absolute atomic E-state index is 4.27. The zero-order chi connectivity index (χ0) is 14.2. The first-order valence-corrected chi connectivity index (χ1v) is 7.05. The summed E-state index contributed by atoms with van der Waals surface area (Å²) in [5, 5.41) is 7.52. The van der Waals surface area contributed by atoms with Gasteiger partial charge in [-0.05, 0) is 29.9 Å². The van der Waals surface area contributed by atoms with E-state index in [0.29, 0.717) is 11.8 Å². The molecular weight excluding hydrogens is 232 g/mol. The van der Waals surface area contributed by atoms with Crippen LogP contribution in [0.4, 0.5) is 0 Å². The largest absolute Gasteiger partial charge is 0.281 e. The number of rotatable bonds is 4. The minimum Gasteiger partial charge on any atom is -0.281 e. The summed E-state index contributed by atoms with van der Waals surface area (Å²) in [6.45, 7) is 15.2. The zero-order valence-electron chi connectivity index (χ0n) is 12.6. The van der Waals surface area contributed by atoms with Gasteiger partial charge in [0.25, 0.3) is 0 Å². The van der Waals surface area contributed by atoms with Crippen molar-refractivity contribution >= 4 is 5.57 Å². The Morgan fingerprint density at radius 2 is 1.89 bits per heavy atom. The Morgan fingerprint density at radius 1 is 1.26 bits per heavy atom. The summed E-state index contributed by atoms with van der Waals surface area (Å²) in [5.74, 6) is 0.991. The van der Waals surface area contributed by atoms with E-state index in [2.05, 4.69) is 63.5 Å². The number of hydrogen-bond donors (Lipinski definition) is 1. The highest BCUT2D eigenvalue weighted by Gasteiger charge is 2.49. The standard InChI is InChI=1S/C17H24N2/c1-7-9-15-13(8-2)14-10-18-19-16(14)17(15,11(3)4)12(5)6/h7-12H,2H2,1,3-6H3,(H,18,19)/b9-7-. The molecule has 0 saturated carbocycles. The molecule has 1 aromatic heterocycles. The second-order valence-corrected chi connectivity index (χ2v) is 5.87. The van der Waals surface area contributed by atoms with E-state index in [1.54, 1.807) is 0 Å². The second-order valence-electron chi connectivity index (χ2n) is 5.87. The number of hydrogen-bond acceptors (Lipinski definition) is 1. The topological polar surface area (TPSA) is 28.7 Å². The van der Waals surface area contributed by atoms with Crippen molar-refractivity contribution in [1.29, 1.82) is 0 Å². The van der Waals surface area contributed by atoms with Crippen molar-refractivity contribution in [2.45, 2.75) is 40.0 Å². The van der Waals surface area contributed by atoms with Crippen molar-refractivity contribution in [1.82, 2.24) is 10.2 Å². The Morgan fingerprint density at radius 3 is 2.37 bits per heavy atom. The van der Waals surface area contributed by atoms with Crippen LogP contribution in [0.25, 0.3) is 5.57 Å². The smallest absolute Gasteiger partial charge is 0.0569 e. The molecule has 2 rings (SSSR count). The molecule has 0 fully saturated rings. The molecule has 0 bridgehead atoms. The third-order valence-electron chi connectivity index (χ3n) is 4.44. The van der Waals surface area contributed by atoms with Gasteiger partial charge in [0, 0.05) is 11.0 Å². The van der Waals surface area contributed by atoms with Crippen molar-refractivity contribution in [2.24, 2.45) is 11.8 Å². The van der Waals surface area contributed by atoms with Gasteiger partial charge in [0.15, 0.2) is 0 Å². The van der Waals surface area contributed by atoms with Crippen molar-refractivity contribution in [3.8, 4) is 0 Å². The Balaban J connectivity index is 2.84. The fraction of sp³-hybridized carbons (Fsp3) is 0.471. The van der Waals surface area contributed by atoms with Crippen LogP contribution in [0.1, 0.15) is 45.9 Å². The molecular formula is C17H24N2. The average molecular weight is 256 g/mol. The van der Waals surface area contributed by atoms with E-state index >= 15 is 0 Å². The number of H-pyrrole nitrogens is 1. The maximum atomic E-state index is 4.27. The predicted molar refractivity (Wildman–Crippen MR) is 81.9 cm³/mol. The lowest BCUT2D eigenvalue weighted by molar-refractivity contribution is 0.270. The first-order valence-electron chi connectivity index (χ1n) is 7.05. The molecule has 2 nitrogen and oxygen atoms in total. The fourth-order valence-electron chi connectivity index (χ4n) is 3.79. The van der Waals surface area contributed by atoms with E-state index in [4.69, 9.17) is 0 Å². The van der Waals surface area contributed by atoms with E-state index in [1.807, 2.05) is 12.3 Å². The lowest BCUT2D eigenvalue weighted by Crippen LogP contribution is -2.38. The molecule has 1 heterocycles. The Hall–Kier alpha value is -1.57. The van der Waals surface area contributed by atoms with Crippen LogP contribution in [0.2, 0.25) is 0 Å². The van der Waals surface area contributed by atoms with Crippen LogP contribution in [-0.4, -0.2) is 10.2 Å². The summed E-state index contributed by atoms with van der Waals surface area (Å²) in [6.07, 6.45) is 8.26. The first-order chi connectivity index (χ1) is 9.01. The molecule has 0 aromatic carbocycles. The maximum Gasteiger partial charge on any atom is 0.0569 e. The monoisotopic (exact) mass is 256 g/mol. The van der Waals surface area contributed by atoms with E-state index < -0.39 is 0 Å². The third-order valence-corrected chi connectivity index (χ3v) is 4.44. The van der Waals surface area contributed by atoms with Gasteiger partial charge in [-0.25, -0.2) is 0 Å². The predicted octanol–water partition coefficient (Wildman–Crippen LogP) is 4.49. The summed E-state index contributed by atoms with van der Waals surface area (Å²) in [7, 11) is 0. The van der Waals surface area contributed by atoms with E-state index in [9.17, 15) is 0 Å². The van der Waals surface area contributed by atoms with Crippen LogP contribution >= 0.6 is 0 Å². The molecule has 0 amide bonds. The molecule has 0 spiro atoms. The van der Waals surface area contributed by atoms with Crippen molar-refractivity contribution < 1.29 is 0 Å². The second kappa shape index (κ2) is 4.84. The molecule has 1 N–H and O–H groups in total. The van der Waals surface area contributed by atoms with Gasteiger partial charge in [0.2, 0.25) is 0 Å². The van der Waals surface area contributed by atoms with E-state index in [0.717, 1.165) is 0 Å². The van der Waals surface area contributed by atoms with E-state index in [1.165, 1.54) is 22.4 Å². The van der Waals surface area contributed by atoms with Gasteiger partial charge in [-0.2, -0.15) is 5.10 Å². The van der Waals surface area contributed by atoms with Crippen LogP contribution < -0.4 is 0 Å².